The minimum atomic E-state index is -0.439. The highest BCUT2D eigenvalue weighted by Crippen LogP contribution is 2.16. The van der Waals surface area contributed by atoms with Gasteiger partial charge in [-0.2, -0.15) is 0 Å². The van der Waals surface area contributed by atoms with Crippen LogP contribution in [0.25, 0.3) is 0 Å². The van der Waals surface area contributed by atoms with Crippen molar-refractivity contribution in [3.8, 4) is 5.75 Å². The molecule has 0 bridgehead atoms. The second-order valence-corrected chi connectivity index (χ2v) is 5.03. The van der Waals surface area contributed by atoms with E-state index in [4.69, 9.17) is 4.74 Å². The van der Waals surface area contributed by atoms with Crippen LogP contribution in [0.4, 0.5) is 11.4 Å². The molecule has 0 aliphatic rings. The van der Waals surface area contributed by atoms with Crippen molar-refractivity contribution in [2.24, 2.45) is 0 Å². The highest BCUT2D eigenvalue weighted by Gasteiger charge is 2.07. The zero-order valence-electron chi connectivity index (χ0n) is 13.7. The standard InChI is InChI=1S/C18H20N2O4/c1-23-16-8-4-6-14(12-16)19-10-9-17(21)20-15-7-3-5-13(11-15)18(22)24-2/h3-8,11-12,19H,9-10H2,1-2H3,(H,20,21). The Bertz CT molecular complexity index is 716. The minimum Gasteiger partial charge on any atom is -0.497 e. The van der Waals surface area contributed by atoms with Crippen LogP contribution in [0.3, 0.4) is 0 Å². The summed E-state index contributed by atoms with van der Waals surface area (Å²) >= 11 is 0. The van der Waals surface area contributed by atoms with Crippen molar-refractivity contribution in [3.63, 3.8) is 0 Å². The van der Waals surface area contributed by atoms with Crippen LogP contribution in [0.5, 0.6) is 5.75 Å². The number of carbonyl (C=O) groups excluding carboxylic acids is 2. The Morgan fingerprint density at radius 1 is 1.00 bits per heavy atom. The van der Waals surface area contributed by atoms with Gasteiger partial charge in [0.05, 0.1) is 19.8 Å². The molecule has 0 aliphatic carbocycles. The fourth-order valence-corrected chi connectivity index (χ4v) is 2.12. The number of amides is 1. The van der Waals surface area contributed by atoms with Crippen molar-refractivity contribution < 1.29 is 19.1 Å². The van der Waals surface area contributed by atoms with Gasteiger partial charge in [-0.05, 0) is 30.3 Å². The van der Waals surface area contributed by atoms with Crippen molar-refractivity contribution in [1.29, 1.82) is 0 Å². The van der Waals surface area contributed by atoms with Crippen LogP contribution in [-0.4, -0.2) is 32.6 Å². The molecule has 0 atom stereocenters. The molecular formula is C18H20N2O4. The molecule has 2 N–H and O–H groups in total. The Morgan fingerprint density at radius 3 is 2.50 bits per heavy atom. The molecule has 1 amide bonds. The van der Waals surface area contributed by atoms with Crippen LogP contribution in [0.2, 0.25) is 0 Å². The molecule has 126 valence electrons. The number of nitrogens with one attached hydrogen (secondary N) is 2. The third-order valence-corrected chi connectivity index (χ3v) is 3.32. The van der Waals surface area contributed by atoms with E-state index >= 15 is 0 Å². The lowest BCUT2D eigenvalue weighted by molar-refractivity contribution is -0.115. The summed E-state index contributed by atoms with van der Waals surface area (Å²) in [5, 5.41) is 5.92. The molecular weight excluding hydrogens is 308 g/mol. The summed E-state index contributed by atoms with van der Waals surface area (Å²) in [6, 6.07) is 14.1. The first-order valence-electron chi connectivity index (χ1n) is 7.48. The molecule has 6 heteroatoms. The maximum absolute atomic E-state index is 12.0. The summed E-state index contributed by atoms with van der Waals surface area (Å²) < 4.78 is 9.80. The summed E-state index contributed by atoms with van der Waals surface area (Å²) in [4.78, 5) is 23.5. The van der Waals surface area contributed by atoms with Crippen molar-refractivity contribution in [2.75, 3.05) is 31.4 Å². The van der Waals surface area contributed by atoms with Crippen LogP contribution in [0.1, 0.15) is 16.8 Å². The van der Waals surface area contributed by atoms with Crippen molar-refractivity contribution in [2.45, 2.75) is 6.42 Å². The third-order valence-electron chi connectivity index (χ3n) is 3.32. The summed E-state index contributed by atoms with van der Waals surface area (Å²) in [6.07, 6.45) is 0.291. The van der Waals surface area contributed by atoms with Crippen LogP contribution in [-0.2, 0) is 9.53 Å². The van der Waals surface area contributed by atoms with Gasteiger partial charge in [0, 0.05) is 30.4 Å². The summed E-state index contributed by atoms with van der Waals surface area (Å²) in [5.41, 5.74) is 1.84. The number of hydrogen-bond donors (Lipinski definition) is 2. The molecule has 0 spiro atoms. The van der Waals surface area contributed by atoms with E-state index in [9.17, 15) is 9.59 Å². The fourth-order valence-electron chi connectivity index (χ4n) is 2.12. The van der Waals surface area contributed by atoms with Crippen LogP contribution < -0.4 is 15.4 Å². The number of carbonyl (C=O) groups is 2. The van der Waals surface area contributed by atoms with Gasteiger partial charge < -0.3 is 20.1 Å². The van der Waals surface area contributed by atoms with Gasteiger partial charge in [0.2, 0.25) is 5.91 Å². The predicted octanol–water partition coefficient (Wildman–Crippen LogP) is 2.92. The van der Waals surface area contributed by atoms with E-state index in [0.717, 1.165) is 11.4 Å². The molecule has 0 saturated heterocycles. The SMILES string of the molecule is COC(=O)c1cccc(NC(=O)CCNc2cccc(OC)c2)c1. The van der Waals surface area contributed by atoms with Gasteiger partial charge in [-0.1, -0.05) is 12.1 Å². The smallest absolute Gasteiger partial charge is 0.337 e. The number of esters is 1. The van der Waals surface area contributed by atoms with E-state index in [1.165, 1.54) is 7.11 Å². The summed E-state index contributed by atoms with van der Waals surface area (Å²) in [7, 11) is 2.92. The molecule has 0 aliphatic heterocycles. The molecule has 0 radical (unpaired) electrons. The van der Waals surface area contributed by atoms with Crippen LogP contribution in [0, 0.1) is 0 Å². The molecule has 2 aromatic carbocycles. The molecule has 2 aromatic rings. The molecule has 0 aromatic heterocycles. The largest absolute Gasteiger partial charge is 0.497 e. The average Bonchev–Trinajstić information content (AvgIpc) is 2.61. The second-order valence-electron chi connectivity index (χ2n) is 5.03. The van der Waals surface area contributed by atoms with E-state index < -0.39 is 5.97 Å². The Balaban J connectivity index is 1.84. The normalized spacial score (nSPS) is 9.92. The predicted molar refractivity (Wildman–Crippen MR) is 92.5 cm³/mol. The molecule has 2 rings (SSSR count). The average molecular weight is 328 g/mol. The lowest BCUT2D eigenvalue weighted by Crippen LogP contribution is -2.16. The minimum absolute atomic E-state index is 0.146. The van der Waals surface area contributed by atoms with Gasteiger partial charge in [0.1, 0.15) is 5.75 Å². The lowest BCUT2D eigenvalue weighted by atomic mass is 10.2. The van der Waals surface area contributed by atoms with E-state index in [2.05, 4.69) is 15.4 Å². The zero-order chi connectivity index (χ0) is 17.4. The number of ether oxygens (including phenoxy) is 2. The summed E-state index contributed by atoms with van der Waals surface area (Å²) in [6.45, 7) is 0.482. The Hall–Kier alpha value is -3.02. The first kappa shape index (κ1) is 17.3. The Labute approximate surface area is 140 Å². The highest BCUT2D eigenvalue weighted by atomic mass is 16.5. The van der Waals surface area contributed by atoms with Crippen molar-refractivity contribution >= 4 is 23.3 Å². The number of hydrogen-bond acceptors (Lipinski definition) is 5. The topological polar surface area (TPSA) is 76.7 Å². The number of anilines is 2. The monoisotopic (exact) mass is 328 g/mol. The molecule has 6 nitrogen and oxygen atoms in total. The van der Waals surface area contributed by atoms with Gasteiger partial charge in [-0.25, -0.2) is 4.79 Å². The zero-order valence-corrected chi connectivity index (χ0v) is 13.7. The van der Waals surface area contributed by atoms with Gasteiger partial charge in [0.25, 0.3) is 0 Å². The fraction of sp³-hybridized carbons (Fsp3) is 0.222. The number of rotatable bonds is 7. The van der Waals surface area contributed by atoms with Crippen LogP contribution in [0.15, 0.2) is 48.5 Å². The Kier molecular flexibility index (Phi) is 6.19. The molecule has 0 heterocycles. The maximum Gasteiger partial charge on any atom is 0.337 e. The van der Waals surface area contributed by atoms with E-state index in [-0.39, 0.29) is 5.91 Å². The first-order chi connectivity index (χ1) is 11.6. The molecule has 0 fully saturated rings. The van der Waals surface area contributed by atoms with Crippen LogP contribution >= 0.6 is 0 Å². The van der Waals surface area contributed by atoms with Crippen molar-refractivity contribution in [3.05, 3.63) is 54.1 Å². The van der Waals surface area contributed by atoms with Gasteiger partial charge in [-0.15, -0.1) is 0 Å². The second kappa shape index (κ2) is 8.57. The number of benzene rings is 2. The summed E-state index contributed by atoms with van der Waals surface area (Å²) in [5.74, 6) is 0.169. The first-order valence-corrected chi connectivity index (χ1v) is 7.48. The molecule has 0 saturated carbocycles. The van der Waals surface area contributed by atoms with E-state index in [0.29, 0.717) is 24.2 Å². The van der Waals surface area contributed by atoms with Crippen molar-refractivity contribution in [1.82, 2.24) is 0 Å². The van der Waals surface area contributed by atoms with E-state index in [1.807, 2.05) is 24.3 Å². The molecule has 0 unspecified atom stereocenters. The maximum atomic E-state index is 12.0. The van der Waals surface area contributed by atoms with E-state index in [1.54, 1.807) is 31.4 Å². The lowest BCUT2D eigenvalue weighted by Gasteiger charge is -2.09. The molecule has 24 heavy (non-hydrogen) atoms. The highest BCUT2D eigenvalue weighted by molar-refractivity contribution is 5.94. The van der Waals surface area contributed by atoms with Gasteiger partial charge in [0.15, 0.2) is 0 Å². The van der Waals surface area contributed by atoms with Gasteiger partial charge in [-0.3, -0.25) is 4.79 Å². The Morgan fingerprint density at radius 2 is 1.75 bits per heavy atom. The number of methoxy groups -OCH3 is 2. The quantitative estimate of drug-likeness (QED) is 0.764. The van der Waals surface area contributed by atoms with Gasteiger partial charge >= 0.3 is 5.97 Å². The third kappa shape index (κ3) is 5.01.